The maximum absolute atomic E-state index is 12.7. The first-order chi connectivity index (χ1) is 13.7. The van der Waals surface area contributed by atoms with E-state index in [1.807, 2.05) is 30.3 Å². The zero-order chi connectivity index (χ0) is 19.3. The van der Waals surface area contributed by atoms with Gasteiger partial charge >= 0.3 is 0 Å². The molecular weight excluding hydrogens is 356 g/mol. The normalized spacial score (nSPS) is 10.9. The van der Waals surface area contributed by atoms with Gasteiger partial charge in [-0.25, -0.2) is 9.67 Å². The highest BCUT2D eigenvalue weighted by Gasteiger charge is 2.11. The summed E-state index contributed by atoms with van der Waals surface area (Å²) in [5.74, 6) is -0.254. The third kappa shape index (κ3) is 3.66. The number of nitrogens with zero attached hydrogens (tertiary/aromatic N) is 5. The molecule has 3 aromatic heterocycles. The van der Waals surface area contributed by atoms with Gasteiger partial charge < -0.3 is 5.32 Å². The molecule has 0 unspecified atom stereocenters. The number of rotatable bonds is 6. The molecule has 0 saturated carbocycles. The lowest BCUT2D eigenvalue weighted by molar-refractivity contribution is 0.0947. The predicted molar refractivity (Wildman–Crippen MR) is 104 cm³/mol. The highest BCUT2D eigenvalue weighted by Crippen LogP contribution is 2.07. The van der Waals surface area contributed by atoms with Gasteiger partial charge in [-0.1, -0.05) is 36.4 Å². The van der Waals surface area contributed by atoms with E-state index < -0.39 is 0 Å². The molecule has 8 nitrogen and oxygen atoms in total. The van der Waals surface area contributed by atoms with Crippen LogP contribution >= 0.6 is 0 Å². The largest absolute Gasteiger partial charge is 0.349 e. The average molecular weight is 374 g/mol. The Balaban J connectivity index is 1.46. The summed E-state index contributed by atoms with van der Waals surface area (Å²) in [6.07, 6.45) is 4.62. The minimum Gasteiger partial charge on any atom is -0.349 e. The monoisotopic (exact) mass is 374 g/mol. The molecule has 0 radical (unpaired) electrons. The van der Waals surface area contributed by atoms with Crippen molar-refractivity contribution in [3.63, 3.8) is 0 Å². The summed E-state index contributed by atoms with van der Waals surface area (Å²) in [5.41, 5.74) is 1.74. The number of nitrogens with one attached hydrogen (secondary N) is 1. The van der Waals surface area contributed by atoms with Crippen LogP contribution in [-0.4, -0.2) is 36.8 Å². The van der Waals surface area contributed by atoms with E-state index in [4.69, 9.17) is 0 Å². The van der Waals surface area contributed by atoms with Crippen LogP contribution in [0.1, 0.15) is 16.1 Å². The second-order valence-corrected chi connectivity index (χ2v) is 6.24. The number of carbonyl (C=O) groups is 1. The van der Waals surface area contributed by atoms with Crippen molar-refractivity contribution >= 4 is 16.9 Å². The Morgan fingerprint density at radius 2 is 1.86 bits per heavy atom. The van der Waals surface area contributed by atoms with Crippen molar-refractivity contribution in [3.05, 3.63) is 88.9 Å². The maximum Gasteiger partial charge on any atom is 0.269 e. The van der Waals surface area contributed by atoms with Gasteiger partial charge in [-0.2, -0.15) is 5.10 Å². The molecule has 0 saturated heterocycles. The first-order valence-corrected chi connectivity index (χ1v) is 8.86. The van der Waals surface area contributed by atoms with Crippen LogP contribution in [0.25, 0.3) is 11.0 Å². The lowest BCUT2D eigenvalue weighted by Gasteiger charge is -2.07. The molecule has 4 rings (SSSR count). The minimum absolute atomic E-state index is 0.141. The minimum atomic E-state index is -0.254. The zero-order valence-corrected chi connectivity index (χ0v) is 15.0. The van der Waals surface area contributed by atoms with Crippen molar-refractivity contribution in [1.29, 1.82) is 0 Å². The van der Waals surface area contributed by atoms with E-state index in [-0.39, 0.29) is 11.5 Å². The molecule has 0 aliphatic rings. The first kappa shape index (κ1) is 17.6. The number of carbonyl (C=O) groups excluding carboxylic acids is 1. The number of hydrogen-bond acceptors (Lipinski definition) is 5. The highest BCUT2D eigenvalue weighted by molar-refractivity contribution is 5.92. The molecular formula is C20H18N6O2. The van der Waals surface area contributed by atoms with Gasteiger partial charge in [0, 0.05) is 12.7 Å². The third-order valence-corrected chi connectivity index (χ3v) is 4.32. The van der Waals surface area contributed by atoms with Crippen molar-refractivity contribution in [3.8, 4) is 0 Å². The molecule has 0 fully saturated rings. The Labute approximate surface area is 160 Å². The molecule has 0 aliphatic carbocycles. The quantitative estimate of drug-likeness (QED) is 0.551. The van der Waals surface area contributed by atoms with Crippen molar-refractivity contribution < 1.29 is 4.79 Å². The lowest BCUT2D eigenvalue weighted by atomic mass is 10.2. The van der Waals surface area contributed by atoms with Crippen LogP contribution in [0, 0.1) is 0 Å². The van der Waals surface area contributed by atoms with E-state index in [9.17, 15) is 9.59 Å². The Morgan fingerprint density at radius 3 is 2.64 bits per heavy atom. The number of amides is 1. The third-order valence-electron chi connectivity index (χ3n) is 4.32. The van der Waals surface area contributed by atoms with Crippen LogP contribution in [0.5, 0.6) is 0 Å². The lowest BCUT2D eigenvalue weighted by Crippen LogP contribution is -2.28. The summed E-state index contributed by atoms with van der Waals surface area (Å²) >= 11 is 0. The molecule has 0 aliphatic heterocycles. The van der Waals surface area contributed by atoms with Gasteiger partial charge in [0.25, 0.3) is 11.5 Å². The molecule has 0 bridgehead atoms. The maximum atomic E-state index is 12.7. The Kier molecular flexibility index (Phi) is 4.92. The van der Waals surface area contributed by atoms with Crippen molar-refractivity contribution in [1.82, 2.24) is 29.6 Å². The van der Waals surface area contributed by atoms with Crippen LogP contribution in [-0.2, 0) is 13.1 Å². The number of fused-ring (bicyclic) bond motifs is 1. The fraction of sp³-hybridized carbons (Fsp3) is 0.150. The van der Waals surface area contributed by atoms with Crippen molar-refractivity contribution in [2.24, 2.45) is 0 Å². The molecule has 0 spiro atoms. The molecule has 140 valence electrons. The Bertz CT molecular complexity index is 1150. The van der Waals surface area contributed by atoms with E-state index in [0.717, 1.165) is 5.56 Å². The fourth-order valence-corrected chi connectivity index (χ4v) is 2.92. The van der Waals surface area contributed by atoms with Crippen LogP contribution in [0.2, 0.25) is 0 Å². The smallest absolute Gasteiger partial charge is 0.269 e. The van der Waals surface area contributed by atoms with Crippen molar-refractivity contribution in [2.45, 2.75) is 13.1 Å². The standard InChI is InChI=1S/C20H18N6O2/c27-19(17-8-4-5-9-21-17)22-10-11-26-18-16(12-24-26)20(28)25(14-23-18)13-15-6-2-1-3-7-15/h1-9,12,14H,10-11,13H2,(H,22,27). The van der Waals surface area contributed by atoms with Gasteiger partial charge in [-0.15, -0.1) is 0 Å². The summed E-state index contributed by atoms with van der Waals surface area (Å²) in [7, 11) is 0. The van der Waals surface area contributed by atoms with E-state index in [1.165, 1.54) is 12.5 Å². The topological polar surface area (TPSA) is 94.7 Å². The van der Waals surface area contributed by atoms with Gasteiger partial charge in [0.2, 0.25) is 0 Å². The first-order valence-electron chi connectivity index (χ1n) is 8.86. The second-order valence-electron chi connectivity index (χ2n) is 6.24. The molecule has 1 N–H and O–H groups in total. The molecule has 4 aromatic rings. The van der Waals surface area contributed by atoms with Crippen LogP contribution in [0.15, 0.2) is 72.0 Å². The van der Waals surface area contributed by atoms with Crippen molar-refractivity contribution in [2.75, 3.05) is 6.54 Å². The predicted octanol–water partition coefficient (Wildman–Crippen LogP) is 1.47. The number of pyridine rings is 1. The summed E-state index contributed by atoms with van der Waals surface area (Å²) in [6.45, 7) is 1.20. The Hall–Kier alpha value is -3.81. The van der Waals surface area contributed by atoms with E-state index in [1.54, 1.807) is 33.6 Å². The molecule has 0 atom stereocenters. The summed E-state index contributed by atoms with van der Waals surface area (Å²) in [5, 5.41) is 7.49. The molecule has 3 heterocycles. The fourth-order valence-electron chi connectivity index (χ4n) is 2.92. The molecule has 1 aromatic carbocycles. The molecule has 28 heavy (non-hydrogen) atoms. The highest BCUT2D eigenvalue weighted by atomic mass is 16.2. The summed E-state index contributed by atoms with van der Waals surface area (Å²) < 4.78 is 3.18. The zero-order valence-electron chi connectivity index (χ0n) is 15.0. The number of hydrogen-bond donors (Lipinski definition) is 1. The van der Waals surface area contributed by atoms with Crippen LogP contribution < -0.4 is 10.9 Å². The second kappa shape index (κ2) is 7.83. The van der Waals surface area contributed by atoms with E-state index in [2.05, 4.69) is 20.4 Å². The summed E-state index contributed by atoms with van der Waals surface area (Å²) in [4.78, 5) is 33.1. The number of benzene rings is 1. The van der Waals surface area contributed by atoms with Crippen LogP contribution in [0.4, 0.5) is 0 Å². The van der Waals surface area contributed by atoms with Gasteiger partial charge in [0.1, 0.15) is 17.4 Å². The average Bonchev–Trinajstić information content (AvgIpc) is 3.15. The summed E-state index contributed by atoms with van der Waals surface area (Å²) in [6, 6.07) is 14.9. The molecule has 1 amide bonds. The van der Waals surface area contributed by atoms with E-state index >= 15 is 0 Å². The number of aromatic nitrogens is 5. The van der Waals surface area contributed by atoms with Gasteiger partial charge in [-0.3, -0.25) is 19.1 Å². The molecule has 8 heteroatoms. The SMILES string of the molecule is O=C(NCCn1ncc2c(=O)n(Cc3ccccc3)cnc21)c1ccccn1. The van der Waals surface area contributed by atoms with Gasteiger partial charge in [-0.05, 0) is 17.7 Å². The van der Waals surface area contributed by atoms with E-state index in [0.29, 0.717) is 36.4 Å². The van der Waals surface area contributed by atoms with Gasteiger partial charge in [0.05, 0.1) is 19.3 Å². The van der Waals surface area contributed by atoms with Crippen LogP contribution in [0.3, 0.4) is 0 Å². The van der Waals surface area contributed by atoms with Gasteiger partial charge in [0.15, 0.2) is 5.65 Å². The Morgan fingerprint density at radius 1 is 1.04 bits per heavy atom.